The molecule has 0 aliphatic rings. The number of rotatable bonds is 8. The first-order valence-corrected chi connectivity index (χ1v) is 11.4. The Labute approximate surface area is 181 Å². The van der Waals surface area contributed by atoms with Crippen LogP contribution in [0.15, 0.2) is 54.7 Å². The van der Waals surface area contributed by atoms with Gasteiger partial charge in [0.05, 0.1) is 17.0 Å². The number of aromatic nitrogens is 1. The minimum absolute atomic E-state index is 0.0124. The van der Waals surface area contributed by atoms with E-state index in [-0.39, 0.29) is 11.7 Å². The molecule has 0 unspecified atom stereocenters. The maximum Gasteiger partial charge on any atom is 0.251 e. The number of halogens is 1. The molecule has 30 heavy (non-hydrogen) atoms. The van der Waals surface area contributed by atoms with Gasteiger partial charge in [0.1, 0.15) is 0 Å². The number of hydrogen-bond acceptors (Lipinski definition) is 5. The van der Waals surface area contributed by atoms with Crippen molar-refractivity contribution < 1.29 is 13.2 Å². The molecule has 2 N–H and O–H groups in total. The van der Waals surface area contributed by atoms with Gasteiger partial charge in [-0.15, -0.1) is 0 Å². The summed E-state index contributed by atoms with van der Waals surface area (Å²) in [7, 11) is -1.84. The van der Waals surface area contributed by atoms with Crippen LogP contribution in [-0.2, 0) is 10.0 Å². The molecule has 0 bridgehead atoms. The lowest BCUT2D eigenvalue weighted by Gasteiger charge is -2.18. The number of pyridine rings is 1. The van der Waals surface area contributed by atoms with E-state index in [2.05, 4.69) is 15.6 Å². The topological polar surface area (TPSA) is 91.4 Å². The molecule has 1 aromatic heterocycles. The lowest BCUT2D eigenvalue weighted by atomic mass is 10.2. The van der Waals surface area contributed by atoms with Gasteiger partial charge in [0, 0.05) is 48.0 Å². The zero-order valence-corrected chi connectivity index (χ0v) is 18.3. The van der Waals surface area contributed by atoms with Gasteiger partial charge in [0.25, 0.3) is 5.91 Å². The minimum Gasteiger partial charge on any atom is -0.383 e. The average molecular weight is 447 g/mol. The van der Waals surface area contributed by atoms with Crippen LogP contribution in [0.4, 0.5) is 11.4 Å². The Kier molecular flexibility index (Phi) is 6.79. The highest BCUT2D eigenvalue weighted by atomic mass is 35.5. The summed E-state index contributed by atoms with van der Waals surface area (Å²) in [4.78, 5) is 16.6. The Morgan fingerprint density at radius 2 is 1.83 bits per heavy atom. The molecule has 3 rings (SSSR count). The van der Waals surface area contributed by atoms with Gasteiger partial charge >= 0.3 is 0 Å². The molecule has 0 saturated heterocycles. The molecular weight excluding hydrogens is 424 g/mol. The second kappa shape index (κ2) is 9.32. The summed E-state index contributed by atoms with van der Waals surface area (Å²) in [5.74, 6) is -0.214. The molecule has 0 atom stereocenters. The van der Waals surface area contributed by atoms with Crippen molar-refractivity contribution in [1.29, 1.82) is 0 Å². The van der Waals surface area contributed by atoms with Gasteiger partial charge in [0.15, 0.2) is 0 Å². The predicted molar refractivity (Wildman–Crippen MR) is 122 cm³/mol. The van der Waals surface area contributed by atoms with Crippen molar-refractivity contribution in [2.75, 3.05) is 35.5 Å². The van der Waals surface area contributed by atoms with Crippen LogP contribution in [0.25, 0.3) is 10.9 Å². The number of carbonyl (C=O) groups excluding carboxylic acids is 1. The molecule has 0 fully saturated rings. The molecule has 1 heterocycles. The molecule has 2 aromatic carbocycles. The van der Waals surface area contributed by atoms with E-state index in [0.29, 0.717) is 29.4 Å². The van der Waals surface area contributed by atoms with E-state index in [0.717, 1.165) is 16.6 Å². The standard InChI is InChI=1S/C21H23ClN4O3S/c1-3-30(28,29)26(2)17-7-4-15(5-8-17)21(27)25-13-12-24-19-10-11-23-20-14-16(22)6-9-18(19)20/h4-11,14H,3,12-13H2,1-2H3,(H,23,24)(H,25,27). The molecule has 0 saturated carbocycles. The van der Waals surface area contributed by atoms with Gasteiger partial charge in [-0.25, -0.2) is 8.42 Å². The fourth-order valence-corrected chi connectivity index (χ4v) is 3.92. The number of sulfonamides is 1. The molecule has 3 aromatic rings. The summed E-state index contributed by atoms with van der Waals surface area (Å²) in [6.07, 6.45) is 1.71. The summed E-state index contributed by atoms with van der Waals surface area (Å²) in [5, 5.41) is 7.72. The van der Waals surface area contributed by atoms with Gasteiger partial charge in [-0.05, 0) is 55.5 Å². The van der Waals surface area contributed by atoms with Crippen LogP contribution in [-0.4, -0.2) is 45.2 Å². The van der Waals surface area contributed by atoms with Crippen LogP contribution in [0.1, 0.15) is 17.3 Å². The minimum atomic E-state index is -3.33. The molecule has 1 amide bonds. The van der Waals surface area contributed by atoms with Crippen LogP contribution in [0.5, 0.6) is 0 Å². The maximum atomic E-state index is 12.3. The molecule has 0 aliphatic carbocycles. The smallest absolute Gasteiger partial charge is 0.251 e. The number of hydrogen-bond donors (Lipinski definition) is 2. The first kappa shape index (κ1) is 21.9. The van der Waals surface area contributed by atoms with E-state index in [1.807, 2.05) is 18.2 Å². The molecule has 158 valence electrons. The van der Waals surface area contributed by atoms with Crippen molar-refractivity contribution in [2.45, 2.75) is 6.92 Å². The summed E-state index contributed by atoms with van der Waals surface area (Å²) in [5.41, 5.74) is 2.69. The second-order valence-electron chi connectivity index (χ2n) is 6.62. The largest absolute Gasteiger partial charge is 0.383 e. The second-order valence-corrected chi connectivity index (χ2v) is 9.34. The van der Waals surface area contributed by atoms with E-state index >= 15 is 0 Å². The maximum absolute atomic E-state index is 12.3. The Bertz CT molecular complexity index is 1150. The highest BCUT2D eigenvalue weighted by Gasteiger charge is 2.16. The van der Waals surface area contributed by atoms with Crippen LogP contribution < -0.4 is 14.9 Å². The number of anilines is 2. The molecule has 0 aliphatic heterocycles. The van der Waals surface area contributed by atoms with Crippen molar-refractivity contribution in [3.63, 3.8) is 0 Å². The van der Waals surface area contributed by atoms with Crippen molar-refractivity contribution >= 4 is 49.8 Å². The summed E-state index contributed by atoms with van der Waals surface area (Å²) < 4.78 is 25.1. The Hall–Kier alpha value is -2.84. The molecule has 0 spiro atoms. The number of carbonyl (C=O) groups is 1. The average Bonchev–Trinajstić information content (AvgIpc) is 2.75. The Morgan fingerprint density at radius 1 is 1.10 bits per heavy atom. The van der Waals surface area contributed by atoms with Gasteiger partial charge < -0.3 is 10.6 Å². The van der Waals surface area contributed by atoms with Crippen molar-refractivity contribution in [2.24, 2.45) is 0 Å². The zero-order chi connectivity index (χ0) is 21.7. The third-order valence-electron chi connectivity index (χ3n) is 4.71. The normalized spacial score (nSPS) is 11.3. The van der Waals surface area contributed by atoms with E-state index in [9.17, 15) is 13.2 Å². The van der Waals surface area contributed by atoms with E-state index in [1.165, 1.54) is 11.4 Å². The number of nitrogens with one attached hydrogen (secondary N) is 2. The van der Waals surface area contributed by atoms with E-state index in [1.54, 1.807) is 43.5 Å². The lowest BCUT2D eigenvalue weighted by molar-refractivity contribution is 0.0955. The highest BCUT2D eigenvalue weighted by Crippen LogP contribution is 2.24. The number of fused-ring (bicyclic) bond motifs is 1. The van der Waals surface area contributed by atoms with Gasteiger partial charge in [-0.1, -0.05) is 11.6 Å². The third kappa shape index (κ3) is 5.01. The lowest BCUT2D eigenvalue weighted by Crippen LogP contribution is -2.29. The highest BCUT2D eigenvalue weighted by molar-refractivity contribution is 7.92. The fraction of sp³-hybridized carbons (Fsp3) is 0.238. The molecular formula is C21H23ClN4O3S. The quantitative estimate of drug-likeness (QED) is 0.516. The number of benzene rings is 2. The van der Waals surface area contributed by atoms with Crippen molar-refractivity contribution in [1.82, 2.24) is 10.3 Å². The van der Waals surface area contributed by atoms with Crippen LogP contribution in [0.3, 0.4) is 0 Å². The van der Waals surface area contributed by atoms with Crippen molar-refractivity contribution in [3.05, 3.63) is 65.3 Å². The molecule has 0 radical (unpaired) electrons. The van der Waals surface area contributed by atoms with Gasteiger partial charge in [-0.3, -0.25) is 14.1 Å². The molecule has 7 nitrogen and oxygen atoms in total. The summed E-state index contributed by atoms with van der Waals surface area (Å²) >= 11 is 6.01. The zero-order valence-electron chi connectivity index (χ0n) is 16.7. The van der Waals surface area contributed by atoms with Crippen LogP contribution in [0.2, 0.25) is 5.02 Å². The summed E-state index contributed by atoms with van der Waals surface area (Å²) in [6, 6.07) is 13.9. The molecule has 9 heteroatoms. The Balaban J connectivity index is 1.55. The van der Waals surface area contributed by atoms with Crippen molar-refractivity contribution in [3.8, 4) is 0 Å². The summed E-state index contributed by atoms with van der Waals surface area (Å²) in [6.45, 7) is 2.54. The number of nitrogens with zero attached hydrogens (tertiary/aromatic N) is 2. The van der Waals surface area contributed by atoms with Gasteiger partial charge in [-0.2, -0.15) is 0 Å². The van der Waals surface area contributed by atoms with Gasteiger partial charge in [0.2, 0.25) is 10.0 Å². The van der Waals surface area contributed by atoms with E-state index < -0.39 is 10.0 Å². The Morgan fingerprint density at radius 3 is 2.53 bits per heavy atom. The number of amides is 1. The van der Waals surface area contributed by atoms with E-state index in [4.69, 9.17) is 11.6 Å². The van der Waals surface area contributed by atoms with Crippen LogP contribution >= 0.6 is 11.6 Å². The SMILES string of the molecule is CCS(=O)(=O)N(C)c1ccc(C(=O)NCCNc2ccnc3cc(Cl)ccc23)cc1. The van der Waals surface area contributed by atoms with Crippen LogP contribution in [0, 0.1) is 0 Å². The predicted octanol–water partition coefficient (Wildman–Crippen LogP) is 3.52. The first-order chi connectivity index (χ1) is 14.3. The fourth-order valence-electron chi connectivity index (χ4n) is 2.93. The first-order valence-electron chi connectivity index (χ1n) is 9.45. The monoisotopic (exact) mass is 446 g/mol. The third-order valence-corrected chi connectivity index (χ3v) is 6.72.